The van der Waals surface area contributed by atoms with Crippen LogP contribution in [0.15, 0.2) is 40.8 Å². The second kappa shape index (κ2) is 5.11. The van der Waals surface area contributed by atoms with E-state index in [9.17, 15) is 4.79 Å². The van der Waals surface area contributed by atoms with E-state index in [1.807, 2.05) is 0 Å². The summed E-state index contributed by atoms with van der Waals surface area (Å²) < 4.78 is 0. The van der Waals surface area contributed by atoms with Crippen LogP contribution in [0.25, 0.3) is 0 Å². The summed E-state index contributed by atoms with van der Waals surface area (Å²) in [6, 6.07) is 3.09. The van der Waals surface area contributed by atoms with Crippen LogP contribution in [0.2, 0.25) is 5.15 Å². The summed E-state index contributed by atoms with van der Waals surface area (Å²) in [5, 5.41) is 10.3. The minimum absolute atomic E-state index is 0.145. The van der Waals surface area contributed by atoms with E-state index in [4.69, 9.17) is 16.7 Å². The zero-order valence-corrected chi connectivity index (χ0v) is 9.94. The first-order valence-corrected chi connectivity index (χ1v) is 5.69. The minimum atomic E-state index is -1.00. The maximum atomic E-state index is 10.6. The molecule has 2 aromatic rings. The lowest BCUT2D eigenvalue weighted by molar-refractivity contribution is 0.0696. The molecule has 2 rings (SSSR count). The molecule has 0 spiro atoms. The lowest BCUT2D eigenvalue weighted by atomic mass is 10.3. The molecule has 0 aliphatic heterocycles. The van der Waals surface area contributed by atoms with E-state index in [0.29, 0.717) is 15.2 Å². The zero-order chi connectivity index (χ0) is 12.3. The molecule has 2 heterocycles. The van der Waals surface area contributed by atoms with Crippen molar-refractivity contribution < 1.29 is 9.90 Å². The normalized spacial score (nSPS) is 10.2. The second-order valence-electron chi connectivity index (χ2n) is 2.97. The second-order valence-corrected chi connectivity index (χ2v) is 4.40. The molecule has 5 nitrogen and oxygen atoms in total. The topological polar surface area (TPSA) is 76.0 Å². The molecule has 7 heteroatoms. The predicted molar refractivity (Wildman–Crippen MR) is 62.4 cm³/mol. The summed E-state index contributed by atoms with van der Waals surface area (Å²) in [4.78, 5) is 22.5. The SMILES string of the molecule is O=C(O)c1ccc(Sc2cncc(Cl)n2)nc1. The lowest BCUT2D eigenvalue weighted by Gasteiger charge is -2.00. The number of hydrogen-bond donors (Lipinski definition) is 1. The number of carbonyl (C=O) groups is 1. The predicted octanol–water partition coefficient (Wildman–Crippen LogP) is 2.37. The highest BCUT2D eigenvalue weighted by Gasteiger charge is 2.05. The molecule has 0 amide bonds. The fourth-order valence-electron chi connectivity index (χ4n) is 1.05. The summed E-state index contributed by atoms with van der Waals surface area (Å²) in [5.41, 5.74) is 0.145. The molecule has 0 aromatic carbocycles. The van der Waals surface area contributed by atoms with Gasteiger partial charge in [0.1, 0.15) is 15.2 Å². The van der Waals surface area contributed by atoms with Crippen molar-refractivity contribution in [3.8, 4) is 0 Å². The van der Waals surface area contributed by atoms with Crippen LogP contribution in [-0.2, 0) is 0 Å². The minimum Gasteiger partial charge on any atom is -0.478 e. The van der Waals surface area contributed by atoms with Crippen LogP contribution in [0.3, 0.4) is 0 Å². The number of rotatable bonds is 3. The number of pyridine rings is 1. The highest BCUT2D eigenvalue weighted by atomic mass is 35.5. The molecule has 0 atom stereocenters. The number of carboxylic acid groups (broad SMARTS) is 1. The molecule has 0 bridgehead atoms. The van der Waals surface area contributed by atoms with Crippen molar-refractivity contribution in [3.05, 3.63) is 41.4 Å². The summed E-state index contributed by atoms with van der Waals surface area (Å²) in [6.07, 6.45) is 4.29. The maximum Gasteiger partial charge on any atom is 0.337 e. The van der Waals surface area contributed by atoms with Gasteiger partial charge in [-0.15, -0.1) is 0 Å². The van der Waals surface area contributed by atoms with Crippen molar-refractivity contribution >= 4 is 29.3 Å². The molecular formula is C10H6ClN3O2S. The van der Waals surface area contributed by atoms with E-state index in [-0.39, 0.29) is 5.56 Å². The van der Waals surface area contributed by atoms with Gasteiger partial charge in [-0.05, 0) is 23.9 Å². The Morgan fingerprint density at radius 3 is 2.65 bits per heavy atom. The van der Waals surface area contributed by atoms with Gasteiger partial charge in [-0.25, -0.2) is 14.8 Å². The summed E-state index contributed by atoms with van der Waals surface area (Å²) >= 11 is 6.95. The van der Waals surface area contributed by atoms with Crippen LogP contribution in [0, 0.1) is 0 Å². The number of hydrogen-bond acceptors (Lipinski definition) is 5. The van der Waals surface area contributed by atoms with Crippen LogP contribution < -0.4 is 0 Å². The number of halogens is 1. The molecule has 0 saturated heterocycles. The molecule has 0 aliphatic carbocycles. The molecule has 0 unspecified atom stereocenters. The first-order chi connectivity index (χ1) is 8.15. The van der Waals surface area contributed by atoms with Gasteiger partial charge in [0.05, 0.1) is 18.0 Å². The first kappa shape index (κ1) is 11.8. The smallest absolute Gasteiger partial charge is 0.337 e. The average molecular weight is 268 g/mol. The lowest BCUT2D eigenvalue weighted by Crippen LogP contribution is -1.96. The third kappa shape index (κ3) is 3.15. The Balaban J connectivity index is 2.16. The highest BCUT2D eigenvalue weighted by Crippen LogP contribution is 2.24. The Morgan fingerprint density at radius 1 is 1.24 bits per heavy atom. The molecule has 1 N–H and O–H groups in total. The van der Waals surface area contributed by atoms with Gasteiger partial charge >= 0.3 is 5.97 Å². The fourth-order valence-corrected chi connectivity index (χ4v) is 1.96. The van der Waals surface area contributed by atoms with E-state index in [2.05, 4.69) is 15.0 Å². The third-order valence-electron chi connectivity index (χ3n) is 1.78. The van der Waals surface area contributed by atoms with Gasteiger partial charge in [0.15, 0.2) is 0 Å². The van der Waals surface area contributed by atoms with Gasteiger partial charge < -0.3 is 5.11 Å². The third-order valence-corrected chi connectivity index (χ3v) is 2.81. The van der Waals surface area contributed by atoms with Crippen LogP contribution in [0.5, 0.6) is 0 Å². The van der Waals surface area contributed by atoms with Crippen LogP contribution in [0.1, 0.15) is 10.4 Å². The van der Waals surface area contributed by atoms with Crippen LogP contribution in [-0.4, -0.2) is 26.0 Å². The van der Waals surface area contributed by atoms with Crippen molar-refractivity contribution in [3.63, 3.8) is 0 Å². The average Bonchev–Trinajstić information content (AvgIpc) is 2.29. The van der Waals surface area contributed by atoms with E-state index in [1.54, 1.807) is 12.3 Å². The highest BCUT2D eigenvalue weighted by molar-refractivity contribution is 7.99. The maximum absolute atomic E-state index is 10.6. The molecule has 0 fully saturated rings. The number of aromatic nitrogens is 3. The van der Waals surface area contributed by atoms with Gasteiger partial charge in [-0.3, -0.25) is 4.98 Å². The van der Waals surface area contributed by atoms with Gasteiger partial charge in [-0.2, -0.15) is 0 Å². The van der Waals surface area contributed by atoms with Crippen LogP contribution in [0.4, 0.5) is 0 Å². The van der Waals surface area contributed by atoms with Gasteiger partial charge in [0.2, 0.25) is 0 Å². The van der Waals surface area contributed by atoms with Crippen molar-refractivity contribution in [1.82, 2.24) is 15.0 Å². The van der Waals surface area contributed by atoms with Crippen molar-refractivity contribution in [2.24, 2.45) is 0 Å². The number of carboxylic acids is 1. The van der Waals surface area contributed by atoms with E-state index in [0.717, 1.165) is 0 Å². The standard InChI is InChI=1S/C10H6ClN3O2S/c11-7-4-12-5-9(14-7)17-8-2-1-6(3-13-8)10(15)16/h1-5H,(H,15,16). The monoisotopic (exact) mass is 267 g/mol. The van der Waals surface area contributed by atoms with Gasteiger partial charge in [0.25, 0.3) is 0 Å². The Bertz CT molecular complexity index is 548. The number of aromatic carboxylic acids is 1. The summed E-state index contributed by atoms with van der Waals surface area (Å²) in [6.45, 7) is 0. The Hall–Kier alpha value is -1.66. The quantitative estimate of drug-likeness (QED) is 0.920. The molecule has 0 radical (unpaired) electrons. The molecule has 0 aliphatic rings. The summed E-state index contributed by atoms with van der Waals surface area (Å²) in [5.74, 6) is -1.00. The molecule has 0 saturated carbocycles. The largest absolute Gasteiger partial charge is 0.478 e. The Morgan fingerprint density at radius 2 is 2.06 bits per heavy atom. The zero-order valence-electron chi connectivity index (χ0n) is 8.37. The van der Waals surface area contributed by atoms with Gasteiger partial charge in [-0.1, -0.05) is 11.6 Å². The molecular weight excluding hydrogens is 262 g/mol. The Kier molecular flexibility index (Phi) is 3.55. The fraction of sp³-hybridized carbons (Fsp3) is 0. The van der Waals surface area contributed by atoms with Gasteiger partial charge in [0, 0.05) is 6.20 Å². The van der Waals surface area contributed by atoms with Crippen LogP contribution >= 0.6 is 23.4 Å². The molecule has 17 heavy (non-hydrogen) atoms. The van der Waals surface area contributed by atoms with E-state index >= 15 is 0 Å². The van der Waals surface area contributed by atoms with E-state index in [1.165, 1.54) is 30.2 Å². The molecule has 86 valence electrons. The van der Waals surface area contributed by atoms with Crippen molar-refractivity contribution in [2.45, 2.75) is 10.1 Å². The first-order valence-electron chi connectivity index (χ1n) is 4.50. The Labute approximate surface area is 106 Å². The van der Waals surface area contributed by atoms with Crippen molar-refractivity contribution in [1.29, 1.82) is 0 Å². The van der Waals surface area contributed by atoms with E-state index < -0.39 is 5.97 Å². The molecule has 2 aromatic heterocycles. The summed E-state index contributed by atoms with van der Waals surface area (Å²) in [7, 11) is 0. The van der Waals surface area contributed by atoms with Crippen molar-refractivity contribution in [2.75, 3.05) is 0 Å². The number of nitrogens with zero attached hydrogens (tertiary/aromatic N) is 3.